The molecule has 1 spiro atoms. The number of aliphatic hydroxyl groups is 1. The number of nitrogens with one attached hydrogen (secondary N) is 1. The fourth-order valence-corrected chi connectivity index (χ4v) is 6.48. The van der Waals surface area contributed by atoms with Gasteiger partial charge >= 0.3 is 5.82 Å². The van der Waals surface area contributed by atoms with Crippen molar-refractivity contribution in [3.8, 4) is 0 Å². The van der Waals surface area contributed by atoms with Crippen LogP contribution in [0.4, 0.5) is 5.82 Å². The number of amides is 2. The number of aryl methyl sites for hydroxylation is 1. The van der Waals surface area contributed by atoms with Crippen molar-refractivity contribution in [2.24, 2.45) is 4.99 Å². The van der Waals surface area contributed by atoms with Gasteiger partial charge in [-0.05, 0) is 80.3 Å². The van der Waals surface area contributed by atoms with Crippen molar-refractivity contribution in [3.05, 3.63) is 82.6 Å². The Morgan fingerprint density at radius 1 is 1.23 bits per heavy atom. The zero-order chi connectivity index (χ0) is 30.6. The molecule has 3 heterocycles. The molecule has 5 rings (SSSR count). The molecule has 1 aromatic carbocycles. The third-order valence-corrected chi connectivity index (χ3v) is 8.63. The summed E-state index contributed by atoms with van der Waals surface area (Å²) in [5.74, 6) is 0.813. The summed E-state index contributed by atoms with van der Waals surface area (Å²) in [4.78, 5) is 37.8. The van der Waals surface area contributed by atoms with E-state index in [9.17, 15) is 14.7 Å². The third kappa shape index (κ3) is 6.24. The summed E-state index contributed by atoms with van der Waals surface area (Å²) in [7, 11) is 0. The van der Waals surface area contributed by atoms with Gasteiger partial charge in [-0.3, -0.25) is 19.5 Å². The molecule has 1 saturated carbocycles. The van der Waals surface area contributed by atoms with Crippen LogP contribution in [0.15, 0.2) is 70.9 Å². The van der Waals surface area contributed by atoms with Gasteiger partial charge in [0.15, 0.2) is 0 Å². The van der Waals surface area contributed by atoms with Crippen molar-refractivity contribution in [2.75, 3.05) is 26.3 Å². The first-order valence-electron chi connectivity index (χ1n) is 15.1. The molecule has 1 aliphatic carbocycles. The molecule has 1 aromatic heterocycles. The molecule has 2 N–H and O–H groups in total. The summed E-state index contributed by atoms with van der Waals surface area (Å²) in [5.41, 5.74) is 4.49. The van der Waals surface area contributed by atoms with Gasteiger partial charge < -0.3 is 15.2 Å². The maximum absolute atomic E-state index is 13.5. The Hall–Kier alpha value is -3.95. The molecule has 2 amide bonds. The Balaban J connectivity index is 1.36. The number of aliphatic hydroxyl groups excluding tert-OH is 1. The minimum absolute atomic E-state index is 0.130. The molecule has 43 heavy (non-hydrogen) atoms. The van der Waals surface area contributed by atoms with Gasteiger partial charge in [-0.2, -0.15) is 0 Å². The average molecular weight is 585 g/mol. The smallest absolute Gasteiger partial charge is 0.328 e. The normalized spacial score (nSPS) is 25.5. The highest BCUT2D eigenvalue weighted by atomic mass is 16.5. The van der Waals surface area contributed by atoms with Crippen molar-refractivity contribution in [3.63, 3.8) is 0 Å². The van der Waals surface area contributed by atoms with Gasteiger partial charge in [-0.1, -0.05) is 36.4 Å². The van der Waals surface area contributed by atoms with E-state index in [4.69, 9.17) is 9.73 Å². The molecule has 0 saturated heterocycles. The number of aromatic nitrogens is 1. The van der Waals surface area contributed by atoms with Gasteiger partial charge in [0.2, 0.25) is 18.0 Å². The number of nitrogens with zero attached hydrogens (tertiary/aromatic N) is 4. The number of carbonyl (C=O) groups is 2. The lowest BCUT2D eigenvalue weighted by atomic mass is 9.79. The van der Waals surface area contributed by atoms with E-state index in [1.54, 1.807) is 10.8 Å². The first-order chi connectivity index (χ1) is 20.7. The molecule has 0 radical (unpaired) electrons. The highest BCUT2D eigenvalue weighted by Crippen LogP contribution is 2.55. The quantitative estimate of drug-likeness (QED) is 0.518. The van der Waals surface area contributed by atoms with Crippen LogP contribution >= 0.6 is 0 Å². The van der Waals surface area contributed by atoms with E-state index in [1.165, 1.54) is 4.90 Å². The van der Waals surface area contributed by atoms with Gasteiger partial charge in [-0.15, -0.1) is 0 Å². The number of carbonyl (C=O) groups excluding carboxylic acids is 2. The first kappa shape index (κ1) is 30.5. The molecular weight excluding hydrogens is 542 g/mol. The highest BCUT2D eigenvalue weighted by Gasteiger charge is 2.57. The van der Waals surface area contributed by atoms with Crippen molar-refractivity contribution in [1.82, 2.24) is 15.2 Å². The Kier molecular flexibility index (Phi) is 9.32. The maximum atomic E-state index is 13.5. The lowest BCUT2D eigenvalue weighted by molar-refractivity contribution is -0.533. The van der Waals surface area contributed by atoms with E-state index in [-0.39, 0.29) is 30.8 Å². The highest BCUT2D eigenvalue weighted by molar-refractivity contribution is 6.10. The molecule has 2 aliphatic heterocycles. The largest absolute Gasteiger partial charge is 0.381 e. The summed E-state index contributed by atoms with van der Waals surface area (Å²) < 4.78 is 7.24. The summed E-state index contributed by atoms with van der Waals surface area (Å²) in [6, 6.07) is 11.4. The molecule has 1 fully saturated rings. The molecule has 2 aromatic rings. The maximum Gasteiger partial charge on any atom is 0.328 e. The predicted molar refractivity (Wildman–Crippen MR) is 167 cm³/mol. The van der Waals surface area contributed by atoms with E-state index in [1.807, 2.05) is 57.2 Å². The van der Waals surface area contributed by atoms with E-state index >= 15 is 0 Å². The lowest BCUT2D eigenvalue weighted by Crippen LogP contribution is -2.46. The number of fused-ring (bicyclic) bond motifs is 2. The van der Waals surface area contributed by atoms with Crippen LogP contribution in [0.25, 0.3) is 0 Å². The van der Waals surface area contributed by atoms with E-state index in [0.717, 1.165) is 34.3 Å². The van der Waals surface area contributed by atoms with Gasteiger partial charge in [0.1, 0.15) is 18.6 Å². The number of hydrogen-bond acceptors (Lipinski definition) is 6. The monoisotopic (exact) mass is 584 g/mol. The van der Waals surface area contributed by atoms with Crippen molar-refractivity contribution in [2.45, 2.75) is 70.6 Å². The van der Waals surface area contributed by atoms with Crippen molar-refractivity contribution >= 4 is 30.2 Å². The summed E-state index contributed by atoms with van der Waals surface area (Å²) in [5, 5.41) is 14.4. The Morgan fingerprint density at radius 2 is 2.00 bits per heavy atom. The SMILES string of the molecule is C=[N+]1c2ncccc2C2(CC(=CC)C(=CC(C)NC(=O)CN3C(=O)CCCOCCCN=C3c3ccccc3C)C2)C1O. The van der Waals surface area contributed by atoms with Crippen LogP contribution in [-0.4, -0.2) is 82.5 Å². The fourth-order valence-electron chi connectivity index (χ4n) is 6.48. The van der Waals surface area contributed by atoms with Gasteiger partial charge in [0.25, 0.3) is 0 Å². The zero-order valence-corrected chi connectivity index (χ0v) is 25.4. The van der Waals surface area contributed by atoms with Crippen LogP contribution in [0.5, 0.6) is 0 Å². The molecule has 3 atom stereocenters. The van der Waals surface area contributed by atoms with Crippen molar-refractivity contribution in [1.29, 1.82) is 0 Å². The second-order valence-electron chi connectivity index (χ2n) is 11.7. The van der Waals surface area contributed by atoms with E-state index in [2.05, 4.69) is 29.2 Å². The minimum atomic E-state index is -0.802. The lowest BCUT2D eigenvalue weighted by Gasteiger charge is -2.26. The third-order valence-electron chi connectivity index (χ3n) is 8.63. The molecule has 9 nitrogen and oxygen atoms in total. The summed E-state index contributed by atoms with van der Waals surface area (Å²) in [6.07, 6.45) is 7.90. The van der Waals surface area contributed by atoms with Crippen LogP contribution in [0, 0.1) is 6.92 Å². The number of benzene rings is 1. The molecule has 226 valence electrons. The Morgan fingerprint density at radius 3 is 2.79 bits per heavy atom. The molecule has 3 aliphatic rings. The summed E-state index contributed by atoms with van der Waals surface area (Å²) in [6.45, 7) is 11.4. The van der Waals surface area contributed by atoms with E-state index in [0.29, 0.717) is 50.7 Å². The van der Waals surface area contributed by atoms with E-state index < -0.39 is 11.6 Å². The second-order valence-corrected chi connectivity index (χ2v) is 11.7. The van der Waals surface area contributed by atoms with Gasteiger partial charge in [-0.25, -0.2) is 4.58 Å². The number of rotatable bonds is 5. The second kappa shape index (κ2) is 13.1. The van der Waals surface area contributed by atoms with Crippen LogP contribution < -0.4 is 5.32 Å². The number of amidine groups is 1. The molecule has 3 unspecified atom stereocenters. The number of ether oxygens (including phenoxy) is 1. The standard InChI is InChI=1S/C34H41N5O4/c1-5-25-20-34(28-13-8-15-36-32(28)38(4)33(34)42)21-26(25)19-24(3)37-29(40)22-39-30(41)14-9-17-43-18-10-16-35-31(39)27-12-7-6-11-23(27)2/h5-8,11-13,15,19,24,33,42H,4,9-10,14,16-18,20-22H2,1-3H3/p+1. The number of aliphatic imine (C=N–C) groups is 1. The van der Waals surface area contributed by atoms with Crippen LogP contribution in [0.3, 0.4) is 0 Å². The average Bonchev–Trinajstić information content (AvgIpc) is 3.45. The summed E-state index contributed by atoms with van der Waals surface area (Å²) >= 11 is 0. The Labute approximate surface area is 253 Å². The predicted octanol–water partition coefficient (Wildman–Crippen LogP) is 3.95. The Bertz CT molecular complexity index is 1500. The van der Waals surface area contributed by atoms with Crippen LogP contribution in [0.2, 0.25) is 0 Å². The van der Waals surface area contributed by atoms with Gasteiger partial charge in [0.05, 0.1) is 17.7 Å². The molecular formula is C34H42N5O4+. The molecule has 0 bridgehead atoms. The van der Waals surface area contributed by atoms with Crippen molar-refractivity contribution < 1.29 is 24.0 Å². The minimum Gasteiger partial charge on any atom is -0.381 e. The number of hydrogen-bond donors (Lipinski definition) is 2. The number of pyridine rings is 1. The van der Waals surface area contributed by atoms with Crippen LogP contribution in [-0.2, 0) is 19.7 Å². The fraction of sp³-hybridized carbons (Fsp3) is 0.441. The molecule has 9 heteroatoms. The van der Waals surface area contributed by atoms with Gasteiger partial charge in [0, 0.05) is 37.8 Å². The number of allylic oxidation sites excluding steroid dienone is 3. The first-order valence-corrected chi connectivity index (χ1v) is 15.1. The topological polar surface area (TPSA) is 107 Å². The zero-order valence-electron chi connectivity index (χ0n) is 25.4. The van der Waals surface area contributed by atoms with Crippen LogP contribution in [0.1, 0.15) is 62.6 Å².